The Morgan fingerprint density at radius 1 is 1.08 bits per heavy atom. The van der Waals surface area contributed by atoms with Crippen molar-refractivity contribution in [2.24, 2.45) is 11.0 Å². The third-order valence-corrected chi connectivity index (χ3v) is 6.94. The van der Waals surface area contributed by atoms with Gasteiger partial charge in [0, 0.05) is 49.4 Å². The number of nitrogens with zero attached hydrogens (tertiary/aromatic N) is 3. The first-order valence-electron chi connectivity index (χ1n) is 12.6. The molecule has 2 aliphatic rings. The van der Waals surface area contributed by atoms with Gasteiger partial charge in [-0.3, -0.25) is 14.5 Å². The number of aromatic nitrogens is 1. The molecule has 0 radical (unpaired) electrons. The zero-order valence-electron chi connectivity index (χ0n) is 20.6. The van der Waals surface area contributed by atoms with E-state index in [9.17, 15) is 9.59 Å². The van der Waals surface area contributed by atoms with Gasteiger partial charge >= 0.3 is 0 Å². The van der Waals surface area contributed by atoms with Gasteiger partial charge in [-0.1, -0.05) is 36.4 Å². The first-order valence-corrected chi connectivity index (χ1v) is 12.6. The molecule has 36 heavy (non-hydrogen) atoms. The summed E-state index contributed by atoms with van der Waals surface area (Å²) in [6.45, 7) is 6.01. The number of fused-ring (bicyclic) bond motifs is 4. The monoisotopic (exact) mass is 484 g/mol. The zero-order chi connectivity index (χ0) is 24.9. The Hall–Kier alpha value is -3.71. The molecule has 186 valence electrons. The molecule has 1 saturated heterocycles. The van der Waals surface area contributed by atoms with E-state index < -0.39 is 0 Å². The molecule has 0 spiro atoms. The van der Waals surface area contributed by atoms with Crippen LogP contribution in [-0.2, 0) is 24.3 Å². The van der Waals surface area contributed by atoms with Gasteiger partial charge in [-0.15, -0.1) is 0 Å². The molecule has 2 bridgehead atoms. The van der Waals surface area contributed by atoms with Gasteiger partial charge in [0.1, 0.15) is 5.75 Å². The Balaban J connectivity index is 1.27. The molecule has 1 fully saturated rings. The number of nitrogens with one attached hydrogen (secondary N) is 1. The first-order chi connectivity index (χ1) is 17.6. The van der Waals surface area contributed by atoms with E-state index in [-0.39, 0.29) is 11.5 Å². The van der Waals surface area contributed by atoms with Gasteiger partial charge in [0.25, 0.3) is 5.56 Å². The Kier molecular flexibility index (Phi) is 7.28. The summed E-state index contributed by atoms with van der Waals surface area (Å²) in [6, 6.07) is 21.3. The molecule has 2 aromatic carbocycles. The van der Waals surface area contributed by atoms with Crippen molar-refractivity contribution in [1.82, 2.24) is 14.9 Å². The first kappa shape index (κ1) is 24.0. The molecule has 3 heterocycles. The minimum atomic E-state index is -0.150. The molecule has 0 saturated carbocycles. The molecule has 1 aromatic heterocycles. The van der Waals surface area contributed by atoms with Gasteiger partial charge in [-0.25, -0.2) is 5.43 Å². The molecule has 7 heteroatoms. The summed E-state index contributed by atoms with van der Waals surface area (Å²) in [5.41, 5.74) is 6.84. The van der Waals surface area contributed by atoms with Crippen LogP contribution >= 0.6 is 0 Å². The number of benzene rings is 2. The molecule has 1 N–H and O–H groups in total. The van der Waals surface area contributed by atoms with Crippen LogP contribution in [0.4, 0.5) is 0 Å². The third kappa shape index (κ3) is 5.57. The van der Waals surface area contributed by atoms with Crippen LogP contribution in [-0.4, -0.2) is 41.3 Å². The van der Waals surface area contributed by atoms with E-state index in [1.165, 1.54) is 0 Å². The Bertz CT molecular complexity index is 1300. The summed E-state index contributed by atoms with van der Waals surface area (Å²) in [6.07, 6.45) is 3.10. The molecule has 7 nitrogen and oxygen atoms in total. The fourth-order valence-electron chi connectivity index (χ4n) is 5.46. The van der Waals surface area contributed by atoms with Gasteiger partial charge in [0.05, 0.1) is 19.2 Å². The molecule has 5 rings (SSSR count). The maximum atomic E-state index is 12.3. The summed E-state index contributed by atoms with van der Waals surface area (Å²) in [5.74, 6) is 1.56. The molecule has 1 amide bonds. The minimum absolute atomic E-state index is 0.108. The summed E-state index contributed by atoms with van der Waals surface area (Å²) >= 11 is 0. The van der Waals surface area contributed by atoms with E-state index in [0.29, 0.717) is 24.9 Å². The number of hydrogen-bond acceptors (Lipinski definition) is 5. The maximum Gasteiger partial charge on any atom is 0.250 e. The summed E-state index contributed by atoms with van der Waals surface area (Å²) in [7, 11) is 0. The molecule has 2 atom stereocenters. The van der Waals surface area contributed by atoms with Crippen LogP contribution in [0.15, 0.2) is 76.6 Å². The van der Waals surface area contributed by atoms with Gasteiger partial charge in [0.2, 0.25) is 5.91 Å². The molecule has 0 aliphatic carbocycles. The summed E-state index contributed by atoms with van der Waals surface area (Å²) < 4.78 is 7.89. The number of likely N-dealkylation sites (tertiary alicyclic amines) is 1. The van der Waals surface area contributed by atoms with Crippen LogP contribution in [0.2, 0.25) is 0 Å². The second-order valence-electron chi connectivity index (χ2n) is 9.65. The minimum Gasteiger partial charge on any atom is -0.494 e. The molecule has 3 aromatic rings. The molecule has 2 aliphatic heterocycles. The van der Waals surface area contributed by atoms with E-state index >= 15 is 0 Å². The van der Waals surface area contributed by atoms with Crippen molar-refractivity contribution in [2.45, 2.75) is 38.8 Å². The van der Waals surface area contributed by atoms with E-state index in [1.807, 2.05) is 60.0 Å². The van der Waals surface area contributed by atoms with Crippen molar-refractivity contribution in [1.29, 1.82) is 0 Å². The second-order valence-corrected chi connectivity index (χ2v) is 9.65. The average Bonchev–Trinajstić information content (AvgIpc) is 2.87. The SMILES string of the molecule is CCOc1ccc(/C=N\NC(=O)Cc2ccccc2)cc1CN1C[C@H]2C[C@@H](C1)c1cccc(=O)n1C2. The second kappa shape index (κ2) is 10.9. The predicted octanol–water partition coefficient (Wildman–Crippen LogP) is 3.56. The predicted molar refractivity (Wildman–Crippen MR) is 140 cm³/mol. The lowest BCUT2D eigenvalue weighted by Gasteiger charge is -2.43. The third-order valence-electron chi connectivity index (χ3n) is 6.94. The van der Waals surface area contributed by atoms with Gasteiger partial charge in [-0.05, 0) is 54.7 Å². The van der Waals surface area contributed by atoms with Crippen LogP contribution < -0.4 is 15.7 Å². The number of rotatable bonds is 8. The van der Waals surface area contributed by atoms with E-state index in [1.54, 1.807) is 12.3 Å². The topological polar surface area (TPSA) is 75.9 Å². The van der Waals surface area contributed by atoms with E-state index in [2.05, 4.69) is 27.6 Å². The van der Waals surface area contributed by atoms with Crippen molar-refractivity contribution in [3.8, 4) is 5.75 Å². The number of carbonyl (C=O) groups is 1. The van der Waals surface area contributed by atoms with Crippen LogP contribution in [0.3, 0.4) is 0 Å². The normalized spacial score (nSPS) is 19.1. The Morgan fingerprint density at radius 2 is 1.94 bits per heavy atom. The van der Waals surface area contributed by atoms with Crippen LogP contribution in [0.1, 0.15) is 41.6 Å². The summed E-state index contributed by atoms with van der Waals surface area (Å²) in [4.78, 5) is 27.0. The number of pyridine rings is 1. The highest BCUT2D eigenvalue weighted by molar-refractivity contribution is 5.83. The maximum absolute atomic E-state index is 12.3. The smallest absolute Gasteiger partial charge is 0.250 e. The molecular weight excluding hydrogens is 452 g/mol. The fraction of sp³-hybridized carbons (Fsp3) is 0.345. The molecule has 0 unspecified atom stereocenters. The summed E-state index contributed by atoms with van der Waals surface area (Å²) in [5, 5.41) is 4.17. The van der Waals surface area contributed by atoms with Gasteiger partial charge in [0.15, 0.2) is 0 Å². The number of hydrazone groups is 1. The highest BCUT2D eigenvalue weighted by Gasteiger charge is 2.34. The molecular formula is C29H32N4O3. The number of hydrogen-bond donors (Lipinski definition) is 1. The van der Waals surface area contributed by atoms with Crippen molar-refractivity contribution < 1.29 is 9.53 Å². The van der Waals surface area contributed by atoms with Gasteiger partial charge in [-0.2, -0.15) is 5.10 Å². The largest absolute Gasteiger partial charge is 0.494 e. The number of amides is 1. The van der Waals surface area contributed by atoms with Crippen molar-refractivity contribution >= 4 is 12.1 Å². The lowest BCUT2D eigenvalue weighted by molar-refractivity contribution is -0.120. The highest BCUT2D eigenvalue weighted by Crippen LogP contribution is 2.36. The van der Waals surface area contributed by atoms with Crippen molar-refractivity contribution in [3.63, 3.8) is 0 Å². The highest BCUT2D eigenvalue weighted by atomic mass is 16.5. The Labute approximate surface area is 211 Å². The lowest BCUT2D eigenvalue weighted by atomic mass is 9.83. The van der Waals surface area contributed by atoms with Crippen LogP contribution in [0.25, 0.3) is 0 Å². The standard InChI is InChI=1S/C29H32N4O3/c1-2-36-27-12-11-22(16-30-31-28(34)15-21-7-4-3-5-8-21)13-25(27)20-32-17-23-14-24(19-32)26-9-6-10-29(35)33(26)18-23/h3-13,16,23-24H,2,14-15,17-20H2,1H3,(H,31,34)/b30-16-/t23-,24+/m1/s1. The van der Waals surface area contributed by atoms with Crippen molar-refractivity contribution in [3.05, 3.63) is 99.5 Å². The lowest BCUT2D eigenvalue weighted by Crippen LogP contribution is -2.46. The Morgan fingerprint density at radius 3 is 2.78 bits per heavy atom. The average molecular weight is 485 g/mol. The van der Waals surface area contributed by atoms with E-state index in [0.717, 1.165) is 60.7 Å². The number of piperidine rings is 1. The number of ether oxygens (including phenoxy) is 1. The van der Waals surface area contributed by atoms with Gasteiger partial charge < -0.3 is 9.30 Å². The fourth-order valence-corrected chi connectivity index (χ4v) is 5.46. The zero-order valence-corrected chi connectivity index (χ0v) is 20.6. The number of carbonyl (C=O) groups excluding carboxylic acids is 1. The van der Waals surface area contributed by atoms with Crippen molar-refractivity contribution in [2.75, 3.05) is 19.7 Å². The van der Waals surface area contributed by atoms with E-state index in [4.69, 9.17) is 4.74 Å². The van der Waals surface area contributed by atoms with Crippen LogP contribution in [0, 0.1) is 5.92 Å². The quantitative estimate of drug-likeness (QED) is 0.392. The van der Waals surface area contributed by atoms with Crippen LogP contribution in [0.5, 0.6) is 5.75 Å².